The molecule has 2 N–H and O–H groups in total. The van der Waals surface area contributed by atoms with Crippen molar-refractivity contribution < 1.29 is 9.53 Å². The number of likely N-dealkylation sites (tertiary alicyclic amines) is 1. The molecular weight excluding hydrogens is 264 g/mol. The molecule has 2 heterocycles. The van der Waals surface area contributed by atoms with Gasteiger partial charge in [0, 0.05) is 24.2 Å². The molecule has 1 amide bonds. The molecule has 0 aromatic heterocycles. The summed E-state index contributed by atoms with van der Waals surface area (Å²) in [6, 6.07) is 5.99. The van der Waals surface area contributed by atoms with Crippen molar-refractivity contribution in [2.24, 2.45) is 11.7 Å². The van der Waals surface area contributed by atoms with Crippen molar-refractivity contribution in [3.05, 3.63) is 34.9 Å². The number of nitrogens with zero attached hydrogens (tertiary/aromatic N) is 1. The lowest BCUT2D eigenvalue weighted by molar-refractivity contribution is 0.0770. The van der Waals surface area contributed by atoms with Gasteiger partial charge in [0.05, 0.1) is 13.2 Å². The Morgan fingerprint density at radius 1 is 1.43 bits per heavy atom. The molecule has 1 aromatic rings. The van der Waals surface area contributed by atoms with Gasteiger partial charge in [-0.15, -0.1) is 0 Å². The Morgan fingerprint density at radius 2 is 2.33 bits per heavy atom. The van der Waals surface area contributed by atoms with Crippen LogP contribution in [0.2, 0.25) is 0 Å². The molecule has 1 aliphatic carbocycles. The molecule has 1 aromatic carbocycles. The Kier molecular flexibility index (Phi) is 3.05. The summed E-state index contributed by atoms with van der Waals surface area (Å²) < 4.78 is 5.49. The summed E-state index contributed by atoms with van der Waals surface area (Å²) in [7, 11) is 0. The van der Waals surface area contributed by atoms with Crippen LogP contribution in [0.1, 0.15) is 40.7 Å². The Hall–Kier alpha value is -1.39. The van der Waals surface area contributed by atoms with Gasteiger partial charge >= 0.3 is 0 Å². The first-order valence-corrected chi connectivity index (χ1v) is 7.94. The first-order chi connectivity index (χ1) is 10.2. The number of hydrogen-bond acceptors (Lipinski definition) is 3. The molecule has 4 nitrogen and oxygen atoms in total. The van der Waals surface area contributed by atoms with Crippen LogP contribution in [0.4, 0.5) is 0 Å². The first-order valence-electron chi connectivity index (χ1n) is 7.94. The monoisotopic (exact) mass is 286 g/mol. The van der Waals surface area contributed by atoms with Gasteiger partial charge in [-0.05, 0) is 42.4 Å². The van der Waals surface area contributed by atoms with E-state index in [1.54, 1.807) is 0 Å². The van der Waals surface area contributed by atoms with Crippen molar-refractivity contribution >= 4 is 5.91 Å². The Morgan fingerprint density at radius 3 is 3.19 bits per heavy atom. The van der Waals surface area contributed by atoms with Crippen LogP contribution >= 0.6 is 0 Å². The number of carbonyl (C=O) groups is 1. The van der Waals surface area contributed by atoms with Crippen LogP contribution in [0.3, 0.4) is 0 Å². The van der Waals surface area contributed by atoms with E-state index in [-0.39, 0.29) is 11.4 Å². The summed E-state index contributed by atoms with van der Waals surface area (Å²) in [5.41, 5.74) is 9.56. The zero-order valence-corrected chi connectivity index (χ0v) is 12.3. The lowest BCUT2D eigenvalue weighted by atomic mass is 9.92. The van der Waals surface area contributed by atoms with E-state index in [4.69, 9.17) is 10.5 Å². The lowest BCUT2D eigenvalue weighted by Crippen LogP contribution is -2.45. The standard InChI is InChI=1S/C17H22N2O2/c18-17-7-2-4-13(17)9-19(11-17)16(20)15-5-1-3-12-10-21-8-6-14(12)15/h1,3,5,13H,2,4,6-11,18H2. The number of fused-ring (bicyclic) bond motifs is 2. The van der Waals surface area contributed by atoms with E-state index in [0.717, 1.165) is 37.1 Å². The maximum Gasteiger partial charge on any atom is 0.254 e. The quantitative estimate of drug-likeness (QED) is 0.855. The molecule has 0 radical (unpaired) electrons. The zero-order chi connectivity index (χ0) is 14.4. The van der Waals surface area contributed by atoms with E-state index in [1.165, 1.54) is 18.4 Å². The van der Waals surface area contributed by atoms with Gasteiger partial charge in [-0.2, -0.15) is 0 Å². The van der Waals surface area contributed by atoms with E-state index in [9.17, 15) is 4.79 Å². The highest BCUT2D eigenvalue weighted by Crippen LogP contribution is 2.40. The SMILES string of the molecule is NC12CCCC1CN(C(=O)c1cccc3c1CCOC3)C2. The summed E-state index contributed by atoms with van der Waals surface area (Å²) >= 11 is 0. The largest absolute Gasteiger partial charge is 0.376 e. The predicted molar refractivity (Wildman–Crippen MR) is 80.0 cm³/mol. The van der Waals surface area contributed by atoms with Crippen LogP contribution < -0.4 is 5.73 Å². The van der Waals surface area contributed by atoms with E-state index >= 15 is 0 Å². The molecule has 112 valence electrons. The molecule has 0 spiro atoms. The number of carbonyl (C=O) groups excluding carboxylic acids is 1. The zero-order valence-electron chi connectivity index (χ0n) is 12.3. The van der Waals surface area contributed by atoms with Crippen molar-refractivity contribution in [1.29, 1.82) is 0 Å². The van der Waals surface area contributed by atoms with Crippen LogP contribution in [0.25, 0.3) is 0 Å². The number of rotatable bonds is 1. The average molecular weight is 286 g/mol. The highest BCUT2D eigenvalue weighted by molar-refractivity contribution is 5.96. The summed E-state index contributed by atoms with van der Waals surface area (Å²) in [6.07, 6.45) is 4.27. The van der Waals surface area contributed by atoms with Gasteiger partial charge in [-0.25, -0.2) is 0 Å². The molecule has 21 heavy (non-hydrogen) atoms. The van der Waals surface area contributed by atoms with Crippen molar-refractivity contribution in [3.8, 4) is 0 Å². The van der Waals surface area contributed by atoms with Gasteiger partial charge in [-0.3, -0.25) is 4.79 Å². The normalized spacial score (nSPS) is 31.1. The molecular formula is C17H22N2O2. The maximum atomic E-state index is 12.9. The van der Waals surface area contributed by atoms with Crippen molar-refractivity contribution in [1.82, 2.24) is 4.90 Å². The van der Waals surface area contributed by atoms with Gasteiger partial charge in [0.15, 0.2) is 0 Å². The molecule has 2 unspecified atom stereocenters. The second-order valence-corrected chi connectivity index (χ2v) is 6.75. The number of ether oxygens (including phenoxy) is 1. The van der Waals surface area contributed by atoms with Crippen LogP contribution in [0.15, 0.2) is 18.2 Å². The highest BCUT2D eigenvalue weighted by Gasteiger charge is 2.48. The summed E-state index contributed by atoms with van der Waals surface area (Å²) in [6.45, 7) is 2.88. The van der Waals surface area contributed by atoms with Crippen LogP contribution in [-0.2, 0) is 17.8 Å². The molecule has 2 aliphatic heterocycles. The molecule has 1 saturated carbocycles. The third kappa shape index (κ3) is 2.09. The molecule has 0 bridgehead atoms. The molecule has 3 aliphatic rings. The van der Waals surface area contributed by atoms with Gasteiger partial charge in [-0.1, -0.05) is 18.6 Å². The lowest BCUT2D eigenvalue weighted by Gasteiger charge is -2.25. The second kappa shape index (κ2) is 4.82. The molecule has 2 fully saturated rings. The van der Waals surface area contributed by atoms with E-state index in [1.807, 2.05) is 17.0 Å². The van der Waals surface area contributed by atoms with Gasteiger partial charge in [0.1, 0.15) is 0 Å². The second-order valence-electron chi connectivity index (χ2n) is 6.75. The Bertz CT molecular complexity index is 586. The molecule has 2 atom stereocenters. The number of nitrogens with two attached hydrogens (primary N) is 1. The topological polar surface area (TPSA) is 55.6 Å². The summed E-state index contributed by atoms with van der Waals surface area (Å²) in [5, 5.41) is 0. The molecule has 4 rings (SSSR count). The summed E-state index contributed by atoms with van der Waals surface area (Å²) in [5.74, 6) is 0.650. The van der Waals surface area contributed by atoms with Gasteiger partial charge < -0.3 is 15.4 Å². The minimum absolute atomic E-state index is 0.131. The fourth-order valence-electron chi connectivity index (χ4n) is 4.28. The average Bonchev–Trinajstić information content (AvgIpc) is 3.00. The minimum Gasteiger partial charge on any atom is -0.376 e. The van der Waals surface area contributed by atoms with Gasteiger partial charge in [0.2, 0.25) is 0 Å². The van der Waals surface area contributed by atoms with Crippen LogP contribution in [0, 0.1) is 5.92 Å². The number of hydrogen-bond donors (Lipinski definition) is 1. The fourth-order valence-corrected chi connectivity index (χ4v) is 4.28. The first kappa shape index (κ1) is 13.3. The van der Waals surface area contributed by atoms with Gasteiger partial charge in [0.25, 0.3) is 5.91 Å². The number of amides is 1. The van der Waals surface area contributed by atoms with E-state index in [0.29, 0.717) is 19.1 Å². The fraction of sp³-hybridized carbons (Fsp3) is 0.588. The van der Waals surface area contributed by atoms with E-state index < -0.39 is 0 Å². The van der Waals surface area contributed by atoms with E-state index in [2.05, 4.69) is 6.07 Å². The Balaban J connectivity index is 1.62. The third-order valence-corrected chi connectivity index (χ3v) is 5.48. The minimum atomic E-state index is -0.131. The predicted octanol–water partition coefficient (Wildman–Crippen LogP) is 1.71. The molecule has 1 saturated heterocycles. The van der Waals surface area contributed by atoms with Crippen LogP contribution in [0.5, 0.6) is 0 Å². The Labute approximate surface area is 125 Å². The molecule has 4 heteroatoms. The number of benzene rings is 1. The van der Waals surface area contributed by atoms with Crippen LogP contribution in [-0.4, -0.2) is 36.0 Å². The summed E-state index contributed by atoms with van der Waals surface area (Å²) in [4.78, 5) is 14.9. The smallest absolute Gasteiger partial charge is 0.254 e. The van der Waals surface area contributed by atoms with Crippen molar-refractivity contribution in [3.63, 3.8) is 0 Å². The van der Waals surface area contributed by atoms with Crippen molar-refractivity contribution in [2.75, 3.05) is 19.7 Å². The third-order valence-electron chi connectivity index (χ3n) is 5.48. The van der Waals surface area contributed by atoms with Crippen molar-refractivity contribution in [2.45, 2.75) is 37.8 Å². The maximum absolute atomic E-state index is 12.9. The highest BCUT2D eigenvalue weighted by atomic mass is 16.5.